The van der Waals surface area contributed by atoms with Crippen LogP contribution in [0.3, 0.4) is 0 Å². The van der Waals surface area contributed by atoms with Crippen molar-refractivity contribution in [2.45, 2.75) is 31.9 Å². The Morgan fingerprint density at radius 2 is 2.29 bits per heavy atom. The summed E-state index contributed by atoms with van der Waals surface area (Å²) in [5, 5.41) is 12.5. The summed E-state index contributed by atoms with van der Waals surface area (Å²) in [6, 6.07) is 6.09. The van der Waals surface area contributed by atoms with Crippen molar-refractivity contribution in [2.75, 3.05) is 13.2 Å². The van der Waals surface area contributed by atoms with E-state index in [1.165, 1.54) is 5.56 Å². The topological polar surface area (TPSA) is 41.5 Å². The zero-order chi connectivity index (χ0) is 12.5. The van der Waals surface area contributed by atoms with Gasteiger partial charge in [-0.05, 0) is 37.6 Å². The van der Waals surface area contributed by atoms with Crippen molar-refractivity contribution < 1.29 is 9.84 Å². The van der Waals surface area contributed by atoms with Crippen LogP contribution in [0.5, 0.6) is 5.75 Å². The van der Waals surface area contributed by atoms with Crippen molar-refractivity contribution in [3.63, 3.8) is 0 Å². The molecule has 1 aliphatic rings. The third-order valence-electron chi connectivity index (χ3n) is 2.97. The molecule has 1 aromatic carbocycles. The third kappa shape index (κ3) is 3.21. The minimum Gasteiger partial charge on any atom is -0.488 e. The Morgan fingerprint density at radius 3 is 3.00 bits per heavy atom. The monoisotopic (exact) mass is 299 g/mol. The highest BCUT2D eigenvalue weighted by Crippen LogP contribution is 2.31. The van der Waals surface area contributed by atoms with E-state index in [2.05, 4.69) is 27.3 Å². The first-order valence-corrected chi connectivity index (χ1v) is 6.60. The van der Waals surface area contributed by atoms with E-state index in [9.17, 15) is 0 Å². The van der Waals surface area contributed by atoms with Crippen LogP contribution >= 0.6 is 15.9 Å². The highest BCUT2D eigenvalue weighted by molar-refractivity contribution is 9.10. The Hall–Kier alpha value is -0.580. The number of aliphatic hydroxyl groups excluding tert-OH is 1. The fraction of sp³-hybridized carbons (Fsp3) is 0.538. The molecule has 0 fully saturated rings. The maximum absolute atomic E-state index is 9.17. The molecule has 2 rings (SSSR count). The predicted molar refractivity (Wildman–Crippen MR) is 71.4 cm³/mol. The van der Waals surface area contributed by atoms with E-state index in [-0.39, 0.29) is 18.2 Å². The van der Waals surface area contributed by atoms with Gasteiger partial charge < -0.3 is 15.2 Å². The summed E-state index contributed by atoms with van der Waals surface area (Å²) in [6.07, 6.45) is 1.08. The van der Waals surface area contributed by atoms with Crippen LogP contribution in [0.1, 0.15) is 19.4 Å². The third-order valence-corrected chi connectivity index (χ3v) is 3.46. The van der Waals surface area contributed by atoms with Crippen molar-refractivity contribution in [1.29, 1.82) is 0 Å². The Kier molecular flexibility index (Phi) is 3.76. The van der Waals surface area contributed by atoms with E-state index in [0.29, 0.717) is 0 Å². The second-order valence-corrected chi connectivity index (χ2v) is 6.03. The van der Waals surface area contributed by atoms with Crippen LogP contribution in [0.4, 0.5) is 0 Å². The van der Waals surface area contributed by atoms with E-state index in [1.807, 2.05) is 26.0 Å². The molecule has 2 N–H and O–H groups in total. The molecule has 0 saturated carbocycles. The zero-order valence-electron chi connectivity index (χ0n) is 10.2. The van der Waals surface area contributed by atoms with Gasteiger partial charge in [-0.15, -0.1) is 0 Å². The second kappa shape index (κ2) is 4.96. The van der Waals surface area contributed by atoms with Gasteiger partial charge in [-0.25, -0.2) is 0 Å². The fourth-order valence-electron chi connectivity index (χ4n) is 1.85. The molecule has 1 unspecified atom stereocenters. The number of benzene rings is 1. The number of hydrogen-bond donors (Lipinski definition) is 2. The first kappa shape index (κ1) is 12.9. The van der Waals surface area contributed by atoms with Gasteiger partial charge in [-0.2, -0.15) is 0 Å². The average molecular weight is 300 g/mol. The number of hydrogen-bond acceptors (Lipinski definition) is 3. The Bertz CT molecular complexity index is 406. The molecule has 1 atom stereocenters. The molecule has 1 aromatic rings. The number of halogens is 1. The van der Waals surface area contributed by atoms with Gasteiger partial charge in [0.2, 0.25) is 0 Å². The lowest BCUT2D eigenvalue weighted by Crippen LogP contribution is -2.47. The molecule has 0 saturated heterocycles. The normalized spacial score (nSPS) is 18.9. The molecule has 1 aliphatic heterocycles. The van der Waals surface area contributed by atoms with Crippen LogP contribution in [0.2, 0.25) is 0 Å². The SMILES string of the molecule is CC(C)(CO)NCC1Cc2cc(Br)ccc2O1. The summed E-state index contributed by atoms with van der Waals surface area (Å²) in [7, 11) is 0. The quantitative estimate of drug-likeness (QED) is 0.895. The molecule has 17 heavy (non-hydrogen) atoms. The van der Waals surface area contributed by atoms with E-state index < -0.39 is 0 Å². The van der Waals surface area contributed by atoms with Crippen LogP contribution in [-0.2, 0) is 6.42 Å². The Morgan fingerprint density at radius 1 is 1.53 bits per heavy atom. The van der Waals surface area contributed by atoms with Gasteiger partial charge in [0.25, 0.3) is 0 Å². The van der Waals surface area contributed by atoms with E-state index >= 15 is 0 Å². The van der Waals surface area contributed by atoms with Gasteiger partial charge in [0.05, 0.1) is 6.61 Å². The first-order chi connectivity index (χ1) is 8.00. The number of ether oxygens (including phenoxy) is 1. The minimum absolute atomic E-state index is 0.123. The van der Waals surface area contributed by atoms with Crippen LogP contribution in [0.25, 0.3) is 0 Å². The molecule has 4 heteroatoms. The highest BCUT2D eigenvalue weighted by atomic mass is 79.9. The highest BCUT2D eigenvalue weighted by Gasteiger charge is 2.25. The fourth-order valence-corrected chi connectivity index (χ4v) is 2.26. The van der Waals surface area contributed by atoms with E-state index in [0.717, 1.165) is 23.2 Å². The lowest BCUT2D eigenvalue weighted by atomic mass is 10.1. The Labute approximate surface area is 110 Å². The standard InChI is InChI=1S/C13H18BrNO2/c1-13(2,8-16)15-7-11-6-9-5-10(14)3-4-12(9)17-11/h3-5,11,15-16H,6-8H2,1-2H3. The van der Waals surface area contributed by atoms with E-state index in [4.69, 9.17) is 9.84 Å². The van der Waals surface area contributed by atoms with Crippen molar-refractivity contribution in [3.8, 4) is 5.75 Å². The maximum Gasteiger partial charge on any atom is 0.123 e. The molecule has 3 nitrogen and oxygen atoms in total. The molecule has 0 aromatic heterocycles. The van der Waals surface area contributed by atoms with Crippen molar-refractivity contribution >= 4 is 15.9 Å². The molecule has 0 radical (unpaired) electrons. The summed E-state index contributed by atoms with van der Waals surface area (Å²) in [5.74, 6) is 0.974. The van der Waals surface area contributed by atoms with Gasteiger partial charge in [-0.3, -0.25) is 0 Å². The lowest BCUT2D eigenvalue weighted by Gasteiger charge is -2.25. The molecule has 0 aliphatic carbocycles. The minimum atomic E-state index is -0.251. The first-order valence-electron chi connectivity index (χ1n) is 5.81. The number of nitrogens with one attached hydrogen (secondary N) is 1. The average Bonchev–Trinajstić information content (AvgIpc) is 2.68. The number of rotatable bonds is 4. The number of aliphatic hydroxyl groups is 1. The summed E-state index contributed by atoms with van der Waals surface area (Å²) < 4.78 is 6.92. The van der Waals surface area contributed by atoms with Crippen molar-refractivity contribution in [1.82, 2.24) is 5.32 Å². The number of fused-ring (bicyclic) bond motifs is 1. The van der Waals surface area contributed by atoms with Gasteiger partial charge in [0.1, 0.15) is 11.9 Å². The molecule has 0 amide bonds. The molecule has 1 heterocycles. The van der Waals surface area contributed by atoms with Crippen LogP contribution < -0.4 is 10.1 Å². The summed E-state index contributed by atoms with van der Waals surface area (Å²) in [5.41, 5.74) is 0.992. The largest absolute Gasteiger partial charge is 0.488 e. The zero-order valence-corrected chi connectivity index (χ0v) is 11.8. The van der Waals surface area contributed by atoms with Crippen molar-refractivity contribution in [3.05, 3.63) is 28.2 Å². The van der Waals surface area contributed by atoms with Crippen LogP contribution in [0.15, 0.2) is 22.7 Å². The predicted octanol–water partition coefficient (Wildman–Crippen LogP) is 2.11. The lowest BCUT2D eigenvalue weighted by molar-refractivity contribution is 0.160. The van der Waals surface area contributed by atoms with Gasteiger partial charge in [0.15, 0.2) is 0 Å². The van der Waals surface area contributed by atoms with Crippen molar-refractivity contribution in [2.24, 2.45) is 0 Å². The summed E-state index contributed by atoms with van der Waals surface area (Å²) in [6.45, 7) is 4.83. The summed E-state index contributed by atoms with van der Waals surface area (Å²) >= 11 is 3.46. The molecular formula is C13H18BrNO2. The maximum atomic E-state index is 9.17. The second-order valence-electron chi connectivity index (χ2n) is 5.12. The van der Waals surface area contributed by atoms with Crippen LogP contribution in [-0.4, -0.2) is 29.9 Å². The Balaban J connectivity index is 1.92. The molecular weight excluding hydrogens is 282 g/mol. The van der Waals surface area contributed by atoms with Gasteiger partial charge >= 0.3 is 0 Å². The van der Waals surface area contributed by atoms with Gasteiger partial charge in [-0.1, -0.05) is 15.9 Å². The van der Waals surface area contributed by atoms with Crippen LogP contribution in [0, 0.1) is 0 Å². The molecule has 0 spiro atoms. The smallest absolute Gasteiger partial charge is 0.123 e. The van der Waals surface area contributed by atoms with E-state index in [1.54, 1.807) is 0 Å². The summed E-state index contributed by atoms with van der Waals surface area (Å²) in [4.78, 5) is 0. The van der Waals surface area contributed by atoms with Gasteiger partial charge in [0, 0.05) is 23.0 Å². The molecule has 0 bridgehead atoms. The molecule has 94 valence electrons.